The number of hydrogen-bond acceptors (Lipinski definition) is 3. The minimum atomic E-state index is -0.476. The van der Waals surface area contributed by atoms with Gasteiger partial charge in [0.05, 0.1) is 0 Å². The summed E-state index contributed by atoms with van der Waals surface area (Å²) in [5.74, 6) is 0.218. The largest absolute Gasteiger partial charge is 0.507 e. The van der Waals surface area contributed by atoms with Gasteiger partial charge in [-0.1, -0.05) is 121 Å². The summed E-state index contributed by atoms with van der Waals surface area (Å²) in [6.07, 6.45) is 3.00. The van der Waals surface area contributed by atoms with Crippen molar-refractivity contribution in [2.45, 2.75) is 130 Å². The van der Waals surface area contributed by atoms with Gasteiger partial charge < -0.3 is 9.84 Å². The van der Waals surface area contributed by atoms with E-state index in [-0.39, 0.29) is 27.6 Å². The number of rotatable bonds is 8. The van der Waals surface area contributed by atoms with Crippen molar-refractivity contribution in [1.82, 2.24) is 0 Å². The van der Waals surface area contributed by atoms with Gasteiger partial charge in [-0.3, -0.25) is 0 Å². The molecule has 1 unspecified atom stereocenters. The maximum absolute atomic E-state index is 12.6. The first kappa shape index (κ1) is 31.7. The molecule has 2 aromatic rings. The van der Waals surface area contributed by atoms with Crippen molar-refractivity contribution in [3.05, 3.63) is 70.3 Å². The van der Waals surface area contributed by atoms with Crippen LogP contribution in [0.1, 0.15) is 142 Å². The molecule has 1 atom stereocenters. The van der Waals surface area contributed by atoms with E-state index in [0.717, 1.165) is 35.1 Å². The number of phenolic OH excluding ortho intramolecular Hbond substituents is 1. The van der Waals surface area contributed by atoms with Crippen LogP contribution in [-0.2, 0) is 26.5 Å². The molecule has 38 heavy (non-hydrogen) atoms. The van der Waals surface area contributed by atoms with Gasteiger partial charge in [0, 0.05) is 34.2 Å². The van der Waals surface area contributed by atoms with Crippen molar-refractivity contribution in [3.8, 4) is 11.5 Å². The standard InChI is InChI=1S/C35H52O3/c1-15-29(36)38-31-26(19-24(33(8,9)10)21-28(31)35(13,14)17-3)22(4)25-18-23(32(5,6)7)20-27(30(25)37)34(11,12)16-2/h15,18-22,37H,1,16-17H2,2-14H3. The molecule has 0 fully saturated rings. The Kier molecular flexibility index (Phi) is 9.09. The van der Waals surface area contributed by atoms with E-state index in [2.05, 4.69) is 121 Å². The number of hydrogen-bond donors (Lipinski definition) is 1. The quantitative estimate of drug-likeness (QED) is 0.214. The zero-order valence-electron chi connectivity index (χ0n) is 26.3. The summed E-state index contributed by atoms with van der Waals surface area (Å²) in [5.41, 5.74) is 5.46. The third-order valence-corrected chi connectivity index (χ3v) is 8.52. The molecule has 0 saturated heterocycles. The summed E-state index contributed by atoms with van der Waals surface area (Å²) < 4.78 is 6.04. The lowest BCUT2D eigenvalue weighted by molar-refractivity contribution is -0.129. The van der Waals surface area contributed by atoms with E-state index < -0.39 is 5.97 Å². The summed E-state index contributed by atoms with van der Waals surface area (Å²) in [4.78, 5) is 12.6. The van der Waals surface area contributed by atoms with Gasteiger partial charge in [-0.25, -0.2) is 4.79 Å². The number of carbonyl (C=O) groups is 1. The highest BCUT2D eigenvalue weighted by molar-refractivity contribution is 5.84. The van der Waals surface area contributed by atoms with Crippen LogP contribution < -0.4 is 4.74 Å². The summed E-state index contributed by atoms with van der Waals surface area (Å²) in [5, 5.41) is 11.8. The maximum Gasteiger partial charge on any atom is 0.335 e. The number of ether oxygens (including phenoxy) is 1. The van der Waals surface area contributed by atoms with Gasteiger partial charge in [0.2, 0.25) is 0 Å². The van der Waals surface area contributed by atoms with Gasteiger partial charge in [0.25, 0.3) is 0 Å². The molecule has 2 aromatic carbocycles. The molecular formula is C35H52O3. The molecule has 3 nitrogen and oxygen atoms in total. The van der Waals surface area contributed by atoms with Gasteiger partial charge in [-0.2, -0.15) is 0 Å². The van der Waals surface area contributed by atoms with Crippen molar-refractivity contribution in [2.24, 2.45) is 0 Å². The van der Waals surface area contributed by atoms with E-state index >= 15 is 0 Å². The fraction of sp³-hybridized carbons (Fsp3) is 0.571. The lowest BCUT2D eigenvalue weighted by Gasteiger charge is -2.33. The highest BCUT2D eigenvalue weighted by atomic mass is 16.5. The Morgan fingerprint density at radius 3 is 1.66 bits per heavy atom. The van der Waals surface area contributed by atoms with Crippen LogP contribution in [0.15, 0.2) is 36.9 Å². The molecule has 0 spiro atoms. The van der Waals surface area contributed by atoms with Crippen LogP contribution >= 0.6 is 0 Å². The molecule has 0 radical (unpaired) electrons. The first-order valence-electron chi connectivity index (χ1n) is 14.1. The molecule has 0 heterocycles. The molecule has 0 aliphatic heterocycles. The van der Waals surface area contributed by atoms with Crippen molar-refractivity contribution in [2.75, 3.05) is 0 Å². The smallest absolute Gasteiger partial charge is 0.335 e. The average molecular weight is 521 g/mol. The van der Waals surface area contributed by atoms with E-state index in [1.165, 1.54) is 17.2 Å². The Bertz CT molecular complexity index is 1180. The molecule has 0 aliphatic rings. The fourth-order valence-electron chi connectivity index (χ4n) is 4.65. The maximum atomic E-state index is 12.6. The van der Waals surface area contributed by atoms with Crippen LogP contribution in [-0.4, -0.2) is 11.1 Å². The van der Waals surface area contributed by atoms with Gasteiger partial charge in [-0.15, -0.1) is 0 Å². The van der Waals surface area contributed by atoms with E-state index in [1.807, 2.05) is 0 Å². The number of carbonyl (C=O) groups excluding carboxylic acids is 1. The number of esters is 1. The highest BCUT2D eigenvalue weighted by Gasteiger charge is 2.33. The Labute approximate surface area is 232 Å². The summed E-state index contributed by atoms with van der Waals surface area (Å²) in [7, 11) is 0. The third-order valence-electron chi connectivity index (χ3n) is 8.52. The number of benzene rings is 2. The van der Waals surface area contributed by atoms with Crippen LogP contribution in [0, 0.1) is 0 Å². The van der Waals surface area contributed by atoms with Crippen LogP contribution in [0.2, 0.25) is 0 Å². The van der Waals surface area contributed by atoms with E-state index in [0.29, 0.717) is 11.5 Å². The van der Waals surface area contributed by atoms with Crippen molar-refractivity contribution in [1.29, 1.82) is 0 Å². The monoisotopic (exact) mass is 520 g/mol. The second kappa shape index (κ2) is 10.9. The topological polar surface area (TPSA) is 46.5 Å². The summed E-state index contributed by atoms with van der Waals surface area (Å²) in [6.45, 7) is 32.0. The molecule has 0 aliphatic carbocycles. The first-order chi connectivity index (χ1) is 17.2. The summed E-state index contributed by atoms with van der Waals surface area (Å²) in [6, 6.07) is 8.68. The molecule has 0 bridgehead atoms. The Balaban J connectivity index is 3.06. The second-order valence-electron chi connectivity index (χ2n) is 14.2. The molecular weight excluding hydrogens is 468 g/mol. The van der Waals surface area contributed by atoms with Crippen LogP contribution in [0.4, 0.5) is 0 Å². The average Bonchev–Trinajstić information content (AvgIpc) is 2.81. The lowest BCUT2D eigenvalue weighted by atomic mass is 9.73. The lowest BCUT2D eigenvalue weighted by Crippen LogP contribution is -2.23. The number of phenols is 1. The predicted molar refractivity (Wildman–Crippen MR) is 162 cm³/mol. The van der Waals surface area contributed by atoms with Crippen molar-refractivity contribution in [3.63, 3.8) is 0 Å². The third kappa shape index (κ3) is 6.53. The van der Waals surface area contributed by atoms with E-state index in [9.17, 15) is 9.90 Å². The Morgan fingerprint density at radius 2 is 1.24 bits per heavy atom. The zero-order valence-corrected chi connectivity index (χ0v) is 26.3. The van der Waals surface area contributed by atoms with Gasteiger partial charge in [-0.05, 0) is 45.6 Å². The van der Waals surface area contributed by atoms with Gasteiger partial charge in [0.15, 0.2) is 0 Å². The van der Waals surface area contributed by atoms with Crippen molar-refractivity contribution >= 4 is 5.97 Å². The molecule has 3 heteroatoms. The fourth-order valence-corrected chi connectivity index (χ4v) is 4.65. The first-order valence-corrected chi connectivity index (χ1v) is 14.1. The molecule has 210 valence electrons. The molecule has 1 N–H and O–H groups in total. The van der Waals surface area contributed by atoms with E-state index in [4.69, 9.17) is 4.74 Å². The summed E-state index contributed by atoms with van der Waals surface area (Å²) >= 11 is 0. The molecule has 0 amide bonds. The minimum Gasteiger partial charge on any atom is -0.507 e. The zero-order chi connectivity index (χ0) is 29.4. The highest BCUT2D eigenvalue weighted by Crippen LogP contribution is 2.48. The van der Waals surface area contributed by atoms with Crippen molar-refractivity contribution < 1.29 is 14.6 Å². The number of aromatic hydroxyl groups is 1. The van der Waals surface area contributed by atoms with Gasteiger partial charge >= 0.3 is 5.97 Å². The predicted octanol–water partition coefficient (Wildman–Crippen LogP) is 9.61. The molecule has 0 aromatic heterocycles. The van der Waals surface area contributed by atoms with Crippen LogP contribution in [0.25, 0.3) is 0 Å². The Hall–Kier alpha value is -2.55. The SMILES string of the molecule is C=CC(=O)Oc1c(C(C)c2cc(C(C)(C)C)cc(C(C)(C)CC)c2O)cc(C(C)(C)C)cc1C(C)(C)CC. The second-order valence-corrected chi connectivity index (χ2v) is 14.2. The van der Waals surface area contributed by atoms with Crippen LogP contribution in [0.3, 0.4) is 0 Å². The normalized spacial score (nSPS) is 13.8. The van der Waals surface area contributed by atoms with E-state index in [1.54, 1.807) is 0 Å². The molecule has 2 rings (SSSR count). The Morgan fingerprint density at radius 1 is 0.816 bits per heavy atom. The van der Waals surface area contributed by atoms with Crippen LogP contribution in [0.5, 0.6) is 11.5 Å². The minimum absolute atomic E-state index is 0.0957. The molecule has 0 saturated carbocycles. The van der Waals surface area contributed by atoms with Gasteiger partial charge in [0.1, 0.15) is 11.5 Å².